The number of aryl methyl sites for hydroxylation is 2. The molecule has 0 aromatic carbocycles. The second kappa shape index (κ2) is 4.18. The first-order chi connectivity index (χ1) is 6.13. The predicted molar refractivity (Wildman–Crippen MR) is 52.1 cm³/mol. The molecule has 0 radical (unpaired) electrons. The Kier molecular flexibility index (Phi) is 3.18. The first-order valence-electron chi connectivity index (χ1n) is 3.73. The van der Waals surface area contributed by atoms with Crippen LogP contribution in [-0.2, 0) is 7.05 Å². The molecule has 13 heavy (non-hydrogen) atoms. The average molecular weight is 200 g/mol. The molecule has 0 spiro atoms. The Hall–Kier alpha value is -1.17. The van der Waals surface area contributed by atoms with Gasteiger partial charge in [-0.15, -0.1) is 0 Å². The number of hydrogen-bond donors (Lipinski definition) is 2. The van der Waals surface area contributed by atoms with Crippen LogP contribution in [0.25, 0.3) is 0 Å². The predicted octanol–water partition coefficient (Wildman–Crippen LogP) is 0.567. The summed E-state index contributed by atoms with van der Waals surface area (Å²) >= 11 is 1.49. The fourth-order valence-corrected chi connectivity index (χ4v) is 1.73. The standard InChI is InChI=1S/C7H12N4OS/c1-5-3-7(11(2)9-5)13-4-6(8)10-12/h3,12H,4H2,1-2H3,(H2,8,10). The Morgan fingerprint density at radius 1 is 1.85 bits per heavy atom. The molecule has 0 aliphatic rings. The van der Waals surface area contributed by atoms with Crippen molar-refractivity contribution in [3.8, 4) is 0 Å². The fourth-order valence-electron chi connectivity index (χ4n) is 0.899. The maximum atomic E-state index is 8.31. The van der Waals surface area contributed by atoms with Crippen molar-refractivity contribution in [2.24, 2.45) is 17.9 Å². The molecule has 0 aliphatic heterocycles. The lowest BCUT2D eigenvalue weighted by atomic mass is 10.5. The number of rotatable bonds is 3. The molecule has 0 amide bonds. The number of nitrogens with two attached hydrogens (primary N) is 1. The lowest BCUT2D eigenvalue weighted by molar-refractivity contribution is 0.318. The third-order valence-corrected chi connectivity index (χ3v) is 2.57. The number of hydrogen-bond acceptors (Lipinski definition) is 4. The number of aromatic nitrogens is 2. The number of oxime groups is 1. The smallest absolute Gasteiger partial charge is 0.149 e. The molecule has 0 saturated carbocycles. The minimum atomic E-state index is 0.212. The summed E-state index contributed by atoms with van der Waals surface area (Å²) in [6, 6.07) is 1.95. The number of nitrogens with zero attached hydrogens (tertiary/aromatic N) is 3. The van der Waals surface area contributed by atoms with Gasteiger partial charge in [0.2, 0.25) is 0 Å². The first-order valence-corrected chi connectivity index (χ1v) is 4.72. The molecule has 72 valence electrons. The van der Waals surface area contributed by atoms with Crippen molar-refractivity contribution >= 4 is 17.6 Å². The van der Waals surface area contributed by atoms with Gasteiger partial charge in [0.05, 0.1) is 16.5 Å². The monoisotopic (exact) mass is 200 g/mol. The Morgan fingerprint density at radius 3 is 3.00 bits per heavy atom. The third kappa shape index (κ3) is 2.66. The van der Waals surface area contributed by atoms with Gasteiger partial charge in [-0.3, -0.25) is 4.68 Å². The van der Waals surface area contributed by atoms with E-state index in [1.165, 1.54) is 11.8 Å². The van der Waals surface area contributed by atoms with Gasteiger partial charge in [0.15, 0.2) is 0 Å². The third-order valence-electron chi connectivity index (χ3n) is 1.46. The van der Waals surface area contributed by atoms with Crippen LogP contribution in [0.15, 0.2) is 16.2 Å². The van der Waals surface area contributed by atoms with E-state index in [1.54, 1.807) is 4.68 Å². The summed E-state index contributed by atoms with van der Waals surface area (Å²) in [6.45, 7) is 1.92. The van der Waals surface area contributed by atoms with Crippen molar-refractivity contribution in [2.45, 2.75) is 11.9 Å². The largest absolute Gasteiger partial charge is 0.409 e. The van der Waals surface area contributed by atoms with Crippen molar-refractivity contribution in [3.05, 3.63) is 11.8 Å². The number of amidine groups is 1. The van der Waals surface area contributed by atoms with Crippen LogP contribution in [0.5, 0.6) is 0 Å². The molecule has 0 aliphatic carbocycles. The van der Waals surface area contributed by atoms with E-state index >= 15 is 0 Å². The normalized spacial score (nSPS) is 12.0. The quantitative estimate of drug-likeness (QED) is 0.246. The minimum absolute atomic E-state index is 0.212. The van der Waals surface area contributed by atoms with E-state index in [9.17, 15) is 0 Å². The fraction of sp³-hybridized carbons (Fsp3) is 0.429. The molecule has 6 heteroatoms. The highest BCUT2D eigenvalue weighted by Crippen LogP contribution is 2.17. The van der Waals surface area contributed by atoms with E-state index in [4.69, 9.17) is 10.9 Å². The van der Waals surface area contributed by atoms with Crippen LogP contribution in [0.4, 0.5) is 0 Å². The summed E-state index contributed by atoms with van der Waals surface area (Å²) in [4.78, 5) is 0. The van der Waals surface area contributed by atoms with Gasteiger partial charge in [-0.1, -0.05) is 16.9 Å². The molecule has 0 atom stereocenters. The summed E-state index contributed by atoms with van der Waals surface area (Å²) in [7, 11) is 1.86. The van der Waals surface area contributed by atoms with Gasteiger partial charge in [-0.25, -0.2) is 0 Å². The SMILES string of the molecule is Cc1cc(SCC(N)=NO)n(C)n1. The van der Waals surface area contributed by atoms with Crippen molar-refractivity contribution in [1.29, 1.82) is 0 Å². The van der Waals surface area contributed by atoms with E-state index in [1.807, 2.05) is 20.0 Å². The van der Waals surface area contributed by atoms with Crippen molar-refractivity contribution in [3.63, 3.8) is 0 Å². The molecule has 1 aromatic heterocycles. The molecule has 0 bridgehead atoms. The zero-order valence-corrected chi connectivity index (χ0v) is 8.38. The van der Waals surface area contributed by atoms with Crippen molar-refractivity contribution in [1.82, 2.24) is 9.78 Å². The van der Waals surface area contributed by atoms with Gasteiger partial charge in [0.25, 0.3) is 0 Å². The molecule has 0 fully saturated rings. The minimum Gasteiger partial charge on any atom is -0.409 e. The average Bonchev–Trinajstić information content (AvgIpc) is 2.41. The molecule has 1 heterocycles. The number of thioether (sulfide) groups is 1. The Balaban J connectivity index is 2.59. The summed E-state index contributed by atoms with van der Waals surface area (Å²) in [5.74, 6) is 0.680. The lowest BCUT2D eigenvalue weighted by Crippen LogP contribution is -2.14. The maximum absolute atomic E-state index is 8.31. The maximum Gasteiger partial charge on any atom is 0.149 e. The topological polar surface area (TPSA) is 76.4 Å². The zero-order valence-electron chi connectivity index (χ0n) is 7.56. The Morgan fingerprint density at radius 2 is 2.54 bits per heavy atom. The van der Waals surface area contributed by atoms with Crippen molar-refractivity contribution < 1.29 is 5.21 Å². The second-order valence-corrected chi connectivity index (χ2v) is 3.62. The highest BCUT2D eigenvalue weighted by molar-refractivity contribution is 7.99. The van der Waals surface area contributed by atoms with Crippen molar-refractivity contribution in [2.75, 3.05) is 5.75 Å². The zero-order chi connectivity index (χ0) is 9.84. The Bertz CT molecular complexity index is 320. The highest BCUT2D eigenvalue weighted by Gasteiger charge is 2.03. The van der Waals surface area contributed by atoms with Gasteiger partial charge >= 0.3 is 0 Å². The highest BCUT2D eigenvalue weighted by atomic mass is 32.2. The van der Waals surface area contributed by atoms with Gasteiger partial charge in [0, 0.05) is 7.05 Å². The molecular weight excluding hydrogens is 188 g/mol. The molecule has 5 nitrogen and oxygen atoms in total. The molecule has 1 aromatic rings. The summed E-state index contributed by atoms with van der Waals surface area (Å²) in [5.41, 5.74) is 6.29. The van der Waals surface area contributed by atoms with Crippen LogP contribution in [0.1, 0.15) is 5.69 Å². The van der Waals surface area contributed by atoms with Gasteiger partial charge in [-0.2, -0.15) is 5.10 Å². The summed E-state index contributed by atoms with van der Waals surface area (Å²) < 4.78 is 1.77. The first kappa shape index (κ1) is 9.91. The molecule has 0 saturated heterocycles. The summed E-state index contributed by atoms with van der Waals surface area (Å²) in [6.07, 6.45) is 0. The van der Waals surface area contributed by atoms with Crippen LogP contribution in [0.3, 0.4) is 0 Å². The van der Waals surface area contributed by atoms with Crippen LogP contribution in [-0.4, -0.2) is 26.6 Å². The second-order valence-electron chi connectivity index (χ2n) is 2.63. The van der Waals surface area contributed by atoms with Gasteiger partial charge < -0.3 is 10.9 Å². The van der Waals surface area contributed by atoms with E-state index in [-0.39, 0.29) is 5.84 Å². The van der Waals surface area contributed by atoms with Gasteiger partial charge in [0.1, 0.15) is 5.84 Å². The molecule has 1 rings (SSSR count). The molecular formula is C7H12N4OS. The van der Waals surface area contributed by atoms with Gasteiger partial charge in [-0.05, 0) is 13.0 Å². The van der Waals surface area contributed by atoms with Crippen LogP contribution in [0, 0.1) is 6.92 Å². The van der Waals surface area contributed by atoms with Crippen LogP contribution in [0.2, 0.25) is 0 Å². The van der Waals surface area contributed by atoms with E-state index in [0.717, 1.165) is 10.7 Å². The van der Waals surface area contributed by atoms with Crippen LogP contribution >= 0.6 is 11.8 Å². The molecule has 3 N–H and O–H groups in total. The summed E-state index contributed by atoms with van der Waals surface area (Å²) in [5, 5.41) is 16.4. The van der Waals surface area contributed by atoms with E-state index in [0.29, 0.717) is 5.75 Å². The van der Waals surface area contributed by atoms with Crippen LogP contribution < -0.4 is 5.73 Å². The van der Waals surface area contributed by atoms with E-state index < -0.39 is 0 Å². The Labute approximate surface area is 80.6 Å². The van der Waals surface area contributed by atoms with E-state index in [2.05, 4.69) is 10.3 Å². The molecule has 0 unspecified atom stereocenters. The lowest BCUT2D eigenvalue weighted by Gasteiger charge is -1.99.